The summed E-state index contributed by atoms with van der Waals surface area (Å²) in [5.41, 5.74) is 2.20. The first-order valence-electron chi connectivity index (χ1n) is 8.92. The monoisotopic (exact) mass is 371 g/mol. The van der Waals surface area contributed by atoms with Crippen LogP contribution in [-0.2, 0) is 5.41 Å². The number of rotatable bonds is 8. The van der Waals surface area contributed by atoms with Crippen LogP contribution >= 0.6 is 11.3 Å². The molecule has 6 heteroatoms. The summed E-state index contributed by atoms with van der Waals surface area (Å²) in [6, 6.07) is 11.6. The van der Waals surface area contributed by atoms with E-state index in [1.54, 1.807) is 0 Å². The highest BCUT2D eigenvalue weighted by Crippen LogP contribution is 2.47. The van der Waals surface area contributed by atoms with Crippen LogP contribution in [0.4, 0.5) is 0 Å². The normalized spacial score (nSPS) is 14.7. The topological polar surface area (TPSA) is 70.2 Å². The van der Waals surface area contributed by atoms with Crippen LogP contribution in [0.2, 0.25) is 0 Å². The third kappa shape index (κ3) is 4.31. The van der Waals surface area contributed by atoms with E-state index in [-0.39, 0.29) is 17.2 Å². The third-order valence-corrected chi connectivity index (χ3v) is 5.79. The molecule has 0 saturated heterocycles. The third-order valence-electron chi connectivity index (χ3n) is 4.79. The highest BCUT2D eigenvalue weighted by molar-refractivity contribution is 7.13. The maximum Gasteiger partial charge on any atom is 0.261 e. The summed E-state index contributed by atoms with van der Waals surface area (Å²) in [6.07, 6.45) is 2.39. The number of hydrogen-bond donors (Lipinski definition) is 3. The van der Waals surface area contributed by atoms with Crippen molar-refractivity contribution in [1.29, 1.82) is 0 Å². The van der Waals surface area contributed by atoms with E-state index in [2.05, 4.69) is 28.1 Å². The lowest BCUT2D eigenvalue weighted by molar-refractivity contribution is 0.0929. The zero-order chi connectivity index (χ0) is 18.6. The van der Waals surface area contributed by atoms with Crippen LogP contribution in [0.15, 0.2) is 36.4 Å². The maximum absolute atomic E-state index is 12.2. The lowest BCUT2D eigenvalue weighted by Gasteiger charge is -2.15. The molecule has 0 atom stereocenters. The summed E-state index contributed by atoms with van der Waals surface area (Å²) in [4.78, 5) is 26.0. The smallest absolute Gasteiger partial charge is 0.261 e. The van der Waals surface area contributed by atoms with E-state index in [4.69, 9.17) is 0 Å². The Hall–Kier alpha value is -2.18. The molecule has 0 aliphatic heterocycles. The fourth-order valence-electron chi connectivity index (χ4n) is 3.13. The molecule has 1 aliphatic rings. The van der Waals surface area contributed by atoms with Gasteiger partial charge in [0.05, 0.1) is 4.88 Å². The summed E-state index contributed by atoms with van der Waals surface area (Å²) in [7, 11) is 1.97. The Morgan fingerprint density at radius 3 is 2.19 bits per heavy atom. The van der Waals surface area contributed by atoms with Crippen molar-refractivity contribution in [2.45, 2.75) is 25.2 Å². The molecule has 0 spiro atoms. The SMILES string of the molecule is CNCC1(c2ccc(C(=O)NCCNC(=O)c3ccc(C)s3)cc2)CC1. The number of likely N-dealkylation sites (N-methyl/N-ethyl adjacent to an activating group) is 1. The summed E-state index contributed by atoms with van der Waals surface area (Å²) < 4.78 is 0. The Morgan fingerprint density at radius 1 is 1.00 bits per heavy atom. The molecule has 1 saturated carbocycles. The second kappa shape index (κ2) is 8.01. The average Bonchev–Trinajstić information content (AvgIpc) is 3.30. The van der Waals surface area contributed by atoms with Gasteiger partial charge in [0.2, 0.25) is 0 Å². The summed E-state index contributed by atoms with van der Waals surface area (Å²) in [6.45, 7) is 3.75. The lowest BCUT2D eigenvalue weighted by Crippen LogP contribution is -2.34. The minimum atomic E-state index is -0.115. The molecule has 138 valence electrons. The van der Waals surface area contributed by atoms with Gasteiger partial charge < -0.3 is 16.0 Å². The van der Waals surface area contributed by atoms with Crippen molar-refractivity contribution in [2.24, 2.45) is 0 Å². The maximum atomic E-state index is 12.2. The molecule has 0 bridgehead atoms. The largest absolute Gasteiger partial charge is 0.350 e. The van der Waals surface area contributed by atoms with E-state index in [9.17, 15) is 9.59 Å². The van der Waals surface area contributed by atoms with Crippen molar-refractivity contribution in [2.75, 3.05) is 26.7 Å². The number of hydrogen-bond acceptors (Lipinski definition) is 4. The van der Waals surface area contributed by atoms with Crippen molar-refractivity contribution in [3.05, 3.63) is 57.3 Å². The quantitative estimate of drug-likeness (QED) is 0.625. The summed E-state index contributed by atoms with van der Waals surface area (Å²) >= 11 is 1.46. The Balaban J connectivity index is 1.44. The van der Waals surface area contributed by atoms with E-state index >= 15 is 0 Å². The first-order valence-corrected chi connectivity index (χ1v) is 9.74. The number of amides is 2. The standard InChI is InChI=1S/C20H25N3O2S/c1-14-3-8-17(26-14)19(25)23-12-11-22-18(24)15-4-6-16(7-5-15)20(9-10-20)13-21-2/h3-8,21H,9-13H2,1-2H3,(H,22,24)(H,23,25). The number of aryl methyl sites for hydroxylation is 1. The van der Waals surface area contributed by atoms with Crippen molar-refractivity contribution in [3.8, 4) is 0 Å². The van der Waals surface area contributed by atoms with Crippen molar-refractivity contribution in [3.63, 3.8) is 0 Å². The van der Waals surface area contributed by atoms with E-state index in [0.717, 1.165) is 11.4 Å². The summed E-state index contributed by atoms with van der Waals surface area (Å²) in [5.74, 6) is -0.211. The number of carbonyl (C=O) groups excluding carboxylic acids is 2. The molecule has 1 aromatic carbocycles. The zero-order valence-electron chi connectivity index (χ0n) is 15.2. The van der Waals surface area contributed by atoms with E-state index in [1.165, 1.54) is 29.7 Å². The van der Waals surface area contributed by atoms with Gasteiger partial charge in [-0.25, -0.2) is 0 Å². The van der Waals surface area contributed by atoms with Gasteiger partial charge in [0, 0.05) is 35.5 Å². The highest BCUT2D eigenvalue weighted by Gasteiger charge is 2.43. The zero-order valence-corrected chi connectivity index (χ0v) is 16.0. The van der Waals surface area contributed by atoms with Crippen LogP contribution in [0.25, 0.3) is 0 Å². The van der Waals surface area contributed by atoms with Gasteiger partial charge in [0.15, 0.2) is 0 Å². The molecule has 3 rings (SSSR count). The minimum Gasteiger partial charge on any atom is -0.350 e. The van der Waals surface area contributed by atoms with Gasteiger partial charge in [-0.15, -0.1) is 11.3 Å². The molecule has 0 radical (unpaired) electrons. The van der Waals surface area contributed by atoms with Gasteiger partial charge in [-0.2, -0.15) is 0 Å². The van der Waals surface area contributed by atoms with Gasteiger partial charge in [-0.05, 0) is 56.6 Å². The van der Waals surface area contributed by atoms with Crippen LogP contribution in [0.5, 0.6) is 0 Å². The molecule has 26 heavy (non-hydrogen) atoms. The predicted octanol–water partition coefficient (Wildman–Crippen LogP) is 2.47. The van der Waals surface area contributed by atoms with Crippen LogP contribution in [-0.4, -0.2) is 38.5 Å². The van der Waals surface area contributed by atoms with Crippen LogP contribution < -0.4 is 16.0 Å². The van der Waals surface area contributed by atoms with Crippen molar-refractivity contribution < 1.29 is 9.59 Å². The van der Waals surface area contributed by atoms with Gasteiger partial charge in [0.1, 0.15) is 0 Å². The second-order valence-electron chi connectivity index (χ2n) is 6.81. The number of nitrogens with one attached hydrogen (secondary N) is 3. The Morgan fingerprint density at radius 2 is 1.65 bits per heavy atom. The van der Waals surface area contributed by atoms with Gasteiger partial charge >= 0.3 is 0 Å². The van der Waals surface area contributed by atoms with Crippen molar-refractivity contribution >= 4 is 23.2 Å². The molecule has 0 unspecified atom stereocenters. The average molecular weight is 372 g/mol. The van der Waals surface area contributed by atoms with E-state index in [1.807, 2.05) is 38.2 Å². The molecule has 5 nitrogen and oxygen atoms in total. The van der Waals surface area contributed by atoms with Crippen LogP contribution in [0, 0.1) is 6.92 Å². The fourth-order valence-corrected chi connectivity index (χ4v) is 3.91. The molecule has 1 heterocycles. The second-order valence-corrected chi connectivity index (χ2v) is 8.10. The van der Waals surface area contributed by atoms with Gasteiger partial charge in [-0.1, -0.05) is 12.1 Å². The molecule has 1 aliphatic carbocycles. The molecule has 2 aromatic rings. The van der Waals surface area contributed by atoms with E-state index < -0.39 is 0 Å². The molecule has 2 amide bonds. The predicted molar refractivity (Wildman–Crippen MR) is 105 cm³/mol. The first-order chi connectivity index (χ1) is 12.5. The first kappa shape index (κ1) is 18.6. The fraction of sp³-hybridized carbons (Fsp3) is 0.400. The molecule has 1 fully saturated rings. The van der Waals surface area contributed by atoms with Crippen LogP contribution in [0.1, 0.15) is 43.3 Å². The number of benzene rings is 1. The van der Waals surface area contributed by atoms with Crippen LogP contribution in [0.3, 0.4) is 0 Å². The minimum absolute atomic E-state index is 0.0963. The summed E-state index contributed by atoms with van der Waals surface area (Å²) in [5, 5.41) is 8.92. The Kier molecular flexibility index (Phi) is 5.74. The Labute approximate surface area is 158 Å². The molecular weight excluding hydrogens is 346 g/mol. The Bertz CT molecular complexity index is 779. The number of carbonyl (C=O) groups is 2. The van der Waals surface area contributed by atoms with Gasteiger partial charge in [0.25, 0.3) is 11.8 Å². The van der Waals surface area contributed by atoms with Crippen molar-refractivity contribution in [1.82, 2.24) is 16.0 Å². The number of thiophene rings is 1. The molecular formula is C20H25N3O2S. The molecule has 1 aromatic heterocycles. The van der Waals surface area contributed by atoms with Gasteiger partial charge in [-0.3, -0.25) is 9.59 Å². The molecule has 3 N–H and O–H groups in total. The van der Waals surface area contributed by atoms with E-state index in [0.29, 0.717) is 23.5 Å². The lowest BCUT2D eigenvalue weighted by atomic mass is 9.95. The highest BCUT2D eigenvalue weighted by atomic mass is 32.1.